The largest absolute Gasteiger partial charge is 0.456 e. The van der Waals surface area contributed by atoms with E-state index in [9.17, 15) is 9.59 Å². The van der Waals surface area contributed by atoms with Crippen LogP contribution in [0.4, 0.5) is 0 Å². The molecule has 0 aliphatic heterocycles. The van der Waals surface area contributed by atoms with Crippen LogP contribution in [0.3, 0.4) is 0 Å². The lowest BCUT2D eigenvalue weighted by molar-refractivity contribution is -0.235. The molecule has 0 aromatic rings. The van der Waals surface area contributed by atoms with Gasteiger partial charge in [-0.15, -0.1) is 0 Å². The summed E-state index contributed by atoms with van der Waals surface area (Å²) in [5.41, 5.74) is 0.00805. The van der Waals surface area contributed by atoms with Crippen molar-refractivity contribution in [3.8, 4) is 0 Å². The molecule has 5 aliphatic rings. The summed E-state index contributed by atoms with van der Waals surface area (Å²) >= 11 is 0. The van der Waals surface area contributed by atoms with Crippen molar-refractivity contribution < 1.29 is 19.1 Å². The molecule has 4 heteroatoms. The maximum atomic E-state index is 12.7. The maximum Gasteiger partial charge on any atom is 0.344 e. The van der Waals surface area contributed by atoms with E-state index in [4.69, 9.17) is 9.47 Å². The van der Waals surface area contributed by atoms with Crippen molar-refractivity contribution in [2.75, 3.05) is 6.61 Å². The highest BCUT2D eigenvalue weighted by molar-refractivity contribution is 5.88. The summed E-state index contributed by atoms with van der Waals surface area (Å²) in [6.45, 7) is 7.22. The van der Waals surface area contributed by atoms with Crippen molar-refractivity contribution in [3.05, 3.63) is 12.2 Å². The van der Waals surface area contributed by atoms with Crippen LogP contribution in [0.15, 0.2) is 12.2 Å². The molecular weight excluding hydrogens is 340 g/mol. The molecule has 0 atom stereocenters. The standard InChI is InChI=1S/C23H34O4/c1-14(2)22(25)26-13-21(24)27-23(18-6-4-15(3)5-7-18)19-9-16-8-17(11-19)12-20(23)10-16/h15-20H,1,4-13H2,2-3H3. The zero-order chi connectivity index (χ0) is 19.2. The topological polar surface area (TPSA) is 52.6 Å². The monoisotopic (exact) mass is 374 g/mol. The summed E-state index contributed by atoms with van der Waals surface area (Å²) in [5.74, 6) is 3.06. The SMILES string of the molecule is C=C(C)C(=O)OCC(=O)OC1(C2CCC(C)CC2)C2CC3CC(C2)CC1C3. The summed E-state index contributed by atoms with van der Waals surface area (Å²) in [6, 6.07) is 0. The van der Waals surface area contributed by atoms with E-state index in [2.05, 4.69) is 13.5 Å². The van der Waals surface area contributed by atoms with Crippen molar-refractivity contribution in [2.24, 2.45) is 35.5 Å². The molecule has 4 nitrogen and oxygen atoms in total. The second-order valence-electron chi connectivity index (χ2n) is 9.95. The van der Waals surface area contributed by atoms with Crippen LogP contribution in [0.2, 0.25) is 0 Å². The van der Waals surface area contributed by atoms with Crippen molar-refractivity contribution in [2.45, 2.75) is 77.2 Å². The Morgan fingerprint density at radius 2 is 1.48 bits per heavy atom. The third kappa shape index (κ3) is 3.45. The fraction of sp³-hybridized carbons (Fsp3) is 0.826. The van der Waals surface area contributed by atoms with Gasteiger partial charge in [0, 0.05) is 5.57 Å². The van der Waals surface area contributed by atoms with Crippen molar-refractivity contribution in [3.63, 3.8) is 0 Å². The first kappa shape index (κ1) is 19.0. The zero-order valence-electron chi connectivity index (χ0n) is 16.9. The molecule has 150 valence electrons. The Balaban J connectivity index is 1.53. The Hall–Kier alpha value is -1.32. The van der Waals surface area contributed by atoms with E-state index in [0.717, 1.165) is 17.8 Å². The van der Waals surface area contributed by atoms with Gasteiger partial charge < -0.3 is 9.47 Å². The van der Waals surface area contributed by atoms with E-state index in [0.29, 0.717) is 23.3 Å². The molecule has 0 saturated heterocycles. The molecule has 0 aromatic heterocycles. The molecule has 0 aromatic carbocycles. The highest BCUT2D eigenvalue weighted by Gasteiger charge is 2.62. The van der Waals surface area contributed by atoms with E-state index in [1.807, 2.05) is 0 Å². The van der Waals surface area contributed by atoms with Gasteiger partial charge in [0.25, 0.3) is 0 Å². The van der Waals surface area contributed by atoms with Crippen LogP contribution in [0, 0.1) is 35.5 Å². The Morgan fingerprint density at radius 1 is 0.926 bits per heavy atom. The smallest absolute Gasteiger partial charge is 0.344 e. The Morgan fingerprint density at radius 3 is 2.00 bits per heavy atom. The van der Waals surface area contributed by atoms with Gasteiger partial charge in [-0.05, 0) is 87.4 Å². The van der Waals surface area contributed by atoms with Gasteiger partial charge in [0.2, 0.25) is 0 Å². The predicted octanol–water partition coefficient (Wildman–Crippen LogP) is 4.67. The minimum atomic E-state index is -0.516. The molecule has 5 aliphatic carbocycles. The van der Waals surface area contributed by atoms with Gasteiger partial charge in [-0.1, -0.05) is 26.3 Å². The zero-order valence-corrected chi connectivity index (χ0v) is 16.9. The molecule has 27 heavy (non-hydrogen) atoms. The minimum absolute atomic E-state index is 0.289. The Labute approximate surface area is 163 Å². The van der Waals surface area contributed by atoms with Gasteiger partial charge in [0.05, 0.1) is 0 Å². The fourth-order valence-electron chi connectivity index (χ4n) is 7.02. The molecule has 0 N–H and O–H groups in total. The van der Waals surface area contributed by atoms with E-state index in [1.54, 1.807) is 6.92 Å². The summed E-state index contributed by atoms with van der Waals surface area (Å²) in [6.07, 6.45) is 11.1. The number of hydrogen-bond donors (Lipinski definition) is 0. The first-order valence-electron chi connectivity index (χ1n) is 10.9. The Kier molecular flexibility index (Phi) is 5.11. The van der Waals surface area contributed by atoms with Crippen molar-refractivity contribution >= 4 is 11.9 Å². The first-order valence-corrected chi connectivity index (χ1v) is 10.9. The molecule has 5 saturated carbocycles. The van der Waals surface area contributed by atoms with Crippen LogP contribution < -0.4 is 0 Å². The average Bonchev–Trinajstić information content (AvgIpc) is 2.63. The first-order chi connectivity index (χ1) is 12.9. The number of esters is 2. The normalized spacial score (nSPS) is 42.6. The predicted molar refractivity (Wildman–Crippen MR) is 103 cm³/mol. The van der Waals surface area contributed by atoms with Gasteiger partial charge in [-0.3, -0.25) is 0 Å². The van der Waals surface area contributed by atoms with Crippen molar-refractivity contribution in [1.82, 2.24) is 0 Å². The highest BCUT2D eigenvalue weighted by Crippen LogP contribution is 2.63. The molecule has 0 heterocycles. The third-order valence-electron chi connectivity index (χ3n) is 8.03. The van der Waals surface area contributed by atoms with Crippen LogP contribution in [0.25, 0.3) is 0 Å². The lowest BCUT2D eigenvalue weighted by Crippen LogP contribution is -2.63. The second kappa shape index (κ2) is 7.25. The summed E-state index contributed by atoms with van der Waals surface area (Å²) in [4.78, 5) is 24.4. The van der Waals surface area contributed by atoms with Gasteiger partial charge in [-0.25, -0.2) is 9.59 Å². The van der Waals surface area contributed by atoms with Crippen LogP contribution in [-0.4, -0.2) is 24.1 Å². The van der Waals surface area contributed by atoms with Crippen LogP contribution in [0.5, 0.6) is 0 Å². The quantitative estimate of drug-likeness (QED) is 0.518. The number of carbonyl (C=O) groups excluding carboxylic acids is 2. The van der Waals surface area contributed by atoms with Crippen LogP contribution in [-0.2, 0) is 19.1 Å². The van der Waals surface area contributed by atoms with Gasteiger partial charge in [-0.2, -0.15) is 0 Å². The van der Waals surface area contributed by atoms with E-state index >= 15 is 0 Å². The minimum Gasteiger partial charge on any atom is -0.456 e. The number of hydrogen-bond acceptors (Lipinski definition) is 4. The fourth-order valence-corrected chi connectivity index (χ4v) is 7.02. The average molecular weight is 375 g/mol. The highest BCUT2D eigenvalue weighted by atomic mass is 16.6. The number of carbonyl (C=O) groups is 2. The molecular formula is C23H34O4. The van der Waals surface area contributed by atoms with Gasteiger partial charge >= 0.3 is 11.9 Å². The van der Waals surface area contributed by atoms with Crippen molar-refractivity contribution in [1.29, 1.82) is 0 Å². The lowest BCUT2D eigenvalue weighted by atomic mass is 9.46. The van der Waals surface area contributed by atoms with E-state index in [1.165, 1.54) is 57.8 Å². The lowest BCUT2D eigenvalue weighted by Gasteiger charge is -2.63. The van der Waals surface area contributed by atoms with Crippen LogP contribution >= 0.6 is 0 Å². The molecule has 4 bridgehead atoms. The molecule has 5 rings (SSSR count). The summed E-state index contributed by atoms with van der Waals surface area (Å²) in [7, 11) is 0. The molecule has 0 radical (unpaired) electrons. The molecule has 0 unspecified atom stereocenters. The summed E-state index contributed by atoms with van der Waals surface area (Å²) in [5, 5.41) is 0. The second-order valence-corrected chi connectivity index (χ2v) is 9.95. The van der Waals surface area contributed by atoms with E-state index in [-0.39, 0.29) is 18.2 Å². The Bertz CT molecular complexity index is 586. The molecule has 5 fully saturated rings. The van der Waals surface area contributed by atoms with Gasteiger partial charge in [0.1, 0.15) is 5.60 Å². The summed E-state index contributed by atoms with van der Waals surface area (Å²) < 4.78 is 11.5. The number of rotatable bonds is 5. The van der Waals surface area contributed by atoms with Crippen LogP contribution in [0.1, 0.15) is 71.6 Å². The molecule has 0 spiro atoms. The maximum absolute atomic E-state index is 12.7. The van der Waals surface area contributed by atoms with Gasteiger partial charge in [0.15, 0.2) is 6.61 Å². The molecule has 0 amide bonds. The third-order valence-corrected chi connectivity index (χ3v) is 8.03. The van der Waals surface area contributed by atoms with E-state index < -0.39 is 5.97 Å². The number of ether oxygens (including phenoxy) is 2.